The van der Waals surface area contributed by atoms with E-state index in [-0.39, 0.29) is 28.9 Å². The Kier molecular flexibility index (Phi) is 4.59. The highest BCUT2D eigenvalue weighted by Crippen LogP contribution is 2.32. The second kappa shape index (κ2) is 6.42. The van der Waals surface area contributed by atoms with Gasteiger partial charge in [0.1, 0.15) is 0 Å². The number of nitro benzene ring substituents is 1. The Labute approximate surface area is 126 Å². The minimum absolute atomic E-state index is 0.00589. The molecule has 0 aromatic heterocycles. The molecule has 1 amide bonds. The normalized spacial score (nSPS) is 15.0. The summed E-state index contributed by atoms with van der Waals surface area (Å²) in [7, 11) is 0. The third-order valence-electron chi connectivity index (χ3n) is 3.52. The predicted octanol–water partition coefficient (Wildman–Crippen LogP) is 1.25. The first-order valence-corrected chi connectivity index (χ1v) is 6.89. The molecule has 1 aromatic rings. The number of nitro groups is 1. The van der Waals surface area contributed by atoms with E-state index in [1.165, 1.54) is 6.07 Å². The van der Waals surface area contributed by atoms with Crippen molar-refractivity contribution in [2.24, 2.45) is 5.92 Å². The van der Waals surface area contributed by atoms with Crippen LogP contribution in [0.5, 0.6) is 0 Å². The van der Waals surface area contributed by atoms with Crippen LogP contribution in [0.1, 0.15) is 30.1 Å². The second-order valence-electron chi connectivity index (χ2n) is 5.30. The molecule has 0 bridgehead atoms. The quantitative estimate of drug-likeness (QED) is 0.352. The third-order valence-corrected chi connectivity index (χ3v) is 3.52. The molecular weight excluding hydrogens is 290 g/mol. The van der Waals surface area contributed by atoms with Crippen molar-refractivity contribution < 1.29 is 19.2 Å². The van der Waals surface area contributed by atoms with Gasteiger partial charge in [0, 0.05) is 18.2 Å². The lowest BCUT2D eigenvalue weighted by molar-refractivity contribution is -0.384. The number of non-ortho nitro benzene ring substituents is 1. The summed E-state index contributed by atoms with van der Waals surface area (Å²) in [6.07, 6.45) is 2.20. The van der Waals surface area contributed by atoms with Crippen molar-refractivity contribution in [2.75, 3.05) is 12.3 Å². The van der Waals surface area contributed by atoms with Crippen molar-refractivity contribution >= 4 is 23.3 Å². The molecule has 0 spiro atoms. The van der Waals surface area contributed by atoms with Gasteiger partial charge in [-0.2, -0.15) is 0 Å². The Balaban J connectivity index is 1.88. The minimum atomic E-state index is -0.790. The zero-order valence-corrected chi connectivity index (χ0v) is 12.1. The van der Waals surface area contributed by atoms with E-state index < -0.39 is 17.5 Å². The molecule has 8 heteroatoms. The number of rotatable bonds is 6. The number of benzene rings is 1. The van der Waals surface area contributed by atoms with E-state index in [4.69, 9.17) is 10.5 Å². The summed E-state index contributed by atoms with van der Waals surface area (Å²) < 4.78 is 4.87. The lowest BCUT2D eigenvalue weighted by Gasteiger charge is -2.13. The van der Waals surface area contributed by atoms with Gasteiger partial charge in [-0.05, 0) is 31.7 Å². The molecule has 0 heterocycles. The Bertz CT molecular complexity index is 612. The van der Waals surface area contributed by atoms with Gasteiger partial charge in [0.15, 0.2) is 6.61 Å². The molecule has 1 fully saturated rings. The molecular formula is C14H17N3O5. The van der Waals surface area contributed by atoms with Crippen LogP contribution in [0, 0.1) is 16.0 Å². The van der Waals surface area contributed by atoms with Crippen LogP contribution in [0.4, 0.5) is 11.4 Å². The molecule has 1 aliphatic carbocycles. The average molecular weight is 307 g/mol. The van der Waals surface area contributed by atoms with Gasteiger partial charge in [0.25, 0.3) is 11.6 Å². The summed E-state index contributed by atoms with van der Waals surface area (Å²) in [4.78, 5) is 33.5. The first-order chi connectivity index (χ1) is 10.4. The number of ether oxygens (including phenoxy) is 1. The number of carbonyl (C=O) groups is 2. The zero-order valence-electron chi connectivity index (χ0n) is 12.1. The summed E-state index contributed by atoms with van der Waals surface area (Å²) in [5.41, 5.74) is 5.30. The number of carbonyl (C=O) groups excluding carboxylic acids is 2. The van der Waals surface area contributed by atoms with Gasteiger partial charge in [-0.3, -0.25) is 14.9 Å². The Morgan fingerprint density at radius 3 is 2.73 bits per heavy atom. The fourth-order valence-corrected chi connectivity index (χ4v) is 2.07. The molecule has 1 aliphatic rings. The fraction of sp³-hybridized carbons (Fsp3) is 0.429. The predicted molar refractivity (Wildman–Crippen MR) is 78.1 cm³/mol. The smallest absolute Gasteiger partial charge is 0.340 e. The van der Waals surface area contributed by atoms with Crippen LogP contribution in [0.3, 0.4) is 0 Å². The molecule has 0 unspecified atom stereocenters. The monoisotopic (exact) mass is 307 g/mol. The van der Waals surface area contributed by atoms with E-state index in [9.17, 15) is 19.7 Å². The van der Waals surface area contributed by atoms with Crippen LogP contribution in [0.15, 0.2) is 18.2 Å². The molecule has 0 aliphatic heterocycles. The molecule has 22 heavy (non-hydrogen) atoms. The largest absolute Gasteiger partial charge is 0.452 e. The number of hydrogen-bond donors (Lipinski definition) is 2. The number of nitrogen functional groups attached to an aromatic ring is 1. The van der Waals surface area contributed by atoms with Gasteiger partial charge in [0.05, 0.1) is 16.2 Å². The lowest BCUT2D eigenvalue weighted by Crippen LogP contribution is -2.37. The minimum Gasteiger partial charge on any atom is -0.452 e. The van der Waals surface area contributed by atoms with Gasteiger partial charge in [-0.15, -0.1) is 0 Å². The standard InChI is InChI=1S/C14H17N3O5/c1-8(9-2-3-9)16-13(18)7-22-14(19)11-5-4-10(17(20)21)6-12(11)15/h4-6,8-9H,2-3,7,15H2,1H3,(H,16,18)/t8-/m1/s1. The highest BCUT2D eigenvalue weighted by Gasteiger charge is 2.29. The van der Waals surface area contributed by atoms with E-state index in [0.29, 0.717) is 5.92 Å². The van der Waals surface area contributed by atoms with Crippen molar-refractivity contribution in [3.05, 3.63) is 33.9 Å². The van der Waals surface area contributed by atoms with Gasteiger partial charge >= 0.3 is 5.97 Å². The van der Waals surface area contributed by atoms with Crippen molar-refractivity contribution in [1.29, 1.82) is 0 Å². The summed E-state index contributed by atoms with van der Waals surface area (Å²) in [6, 6.07) is 3.50. The number of amides is 1. The lowest BCUT2D eigenvalue weighted by atomic mass is 10.1. The first kappa shape index (κ1) is 15.7. The van der Waals surface area contributed by atoms with Crippen LogP contribution in [-0.2, 0) is 9.53 Å². The SMILES string of the molecule is C[C@@H](NC(=O)COC(=O)c1ccc([N+](=O)[O-])cc1N)C1CC1. The van der Waals surface area contributed by atoms with Crippen molar-refractivity contribution in [2.45, 2.75) is 25.8 Å². The Hall–Kier alpha value is -2.64. The van der Waals surface area contributed by atoms with Gasteiger partial charge in [-0.1, -0.05) is 0 Å². The molecule has 0 saturated heterocycles. The summed E-state index contributed by atoms with van der Waals surface area (Å²) in [6.45, 7) is 1.50. The van der Waals surface area contributed by atoms with Crippen molar-refractivity contribution in [3.8, 4) is 0 Å². The summed E-state index contributed by atoms with van der Waals surface area (Å²) in [5, 5.41) is 13.3. The number of nitrogens with two attached hydrogens (primary N) is 1. The fourth-order valence-electron chi connectivity index (χ4n) is 2.07. The van der Waals surface area contributed by atoms with E-state index >= 15 is 0 Å². The summed E-state index contributed by atoms with van der Waals surface area (Å²) in [5.74, 6) is -0.667. The highest BCUT2D eigenvalue weighted by atomic mass is 16.6. The topological polar surface area (TPSA) is 125 Å². The van der Waals surface area contributed by atoms with Gasteiger partial charge in [0.2, 0.25) is 0 Å². The van der Waals surface area contributed by atoms with Crippen molar-refractivity contribution in [1.82, 2.24) is 5.32 Å². The average Bonchev–Trinajstić information content (AvgIpc) is 3.29. The van der Waals surface area contributed by atoms with E-state index in [2.05, 4.69) is 5.32 Å². The Morgan fingerprint density at radius 1 is 1.50 bits per heavy atom. The number of anilines is 1. The molecule has 118 valence electrons. The number of nitrogens with zero attached hydrogens (tertiary/aromatic N) is 1. The number of nitrogens with one attached hydrogen (secondary N) is 1. The van der Waals surface area contributed by atoms with E-state index in [1.54, 1.807) is 0 Å². The van der Waals surface area contributed by atoms with Crippen LogP contribution >= 0.6 is 0 Å². The van der Waals surface area contributed by atoms with Crippen molar-refractivity contribution in [3.63, 3.8) is 0 Å². The maximum atomic E-state index is 11.8. The van der Waals surface area contributed by atoms with Gasteiger partial charge in [-0.25, -0.2) is 4.79 Å². The molecule has 1 saturated carbocycles. The maximum absolute atomic E-state index is 11.8. The Morgan fingerprint density at radius 2 is 2.18 bits per heavy atom. The van der Waals surface area contributed by atoms with Crippen LogP contribution < -0.4 is 11.1 Å². The summed E-state index contributed by atoms with van der Waals surface area (Å²) >= 11 is 0. The van der Waals surface area contributed by atoms with Crippen LogP contribution in [-0.4, -0.2) is 29.4 Å². The van der Waals surface area contributed by atoms with Gasteiger partial charge < -0.3 is 15.8 Å². The number of hydrogen-bond acceptors (Lipinski definition) is 6. The molecule has 1 atom stereocenters. The van der Waals surface area contributed by atoms with E-state index in [1.807, 2.05) is 6.92 Å². The number of esters is 1. The zero-order chi connectivity index (χ0) is 16.3. The third kappa shape index (κ3) is 3.94. The molecule has 2 rings (SSSR count). The maximum Gasteiger partial charge on any atom is 0.340 e. The highest BCUT2D eigenvalue weighted by molar-refractivity contribution is 5.96. The molecule has 1 aromatic carbocycles. The molecule has 0 radical (unpaired) electrons. The second-order valence-corrected chi connectivity index (χ2v) is 5.30. The van der Waals surface area contributed by atoms with Crippen LogP contribution in [0.2, 0.25) is 0 Å². The molecule has 3 N–H and O–H groups in total. The van der Waals surface area contributed by atoms with Crippen LogP contribution in [0.25, 0.3) is 0 Å². The first-order valence-electron chi connectivity index (χ1n) is 6.89. The molecule has 8 nitrogen and oxygen atoms in total. The van der Waals surface area contributed by atoms with E-state index in [0.717, 1.165) is 25.0 Å².